The molecule has 13 heavy (non-hydrogen) atoms. The van der Waals surface area contributed by atoms with Gasteiger partial charge in [-0.2, -0.15) is 0 Å². The van der Waals surface area contributed by atoms with Gasteiger partial charge in [0, 0.05) is 9.95 Å². The van der Waals surface area contributed by atoms with Crippen LogP contribution in [-0.4, -0.2) is 4.92 Å². The van der Waals surface area contributed by atoms with E-state index in [1.165, 1.54) is 12.1 Å². The molecule has 1 aromatic carbocycles. The summed E-state index contributed by atoms with van der Waals surface area (Å²) in [5.41, 5.74) is 0.290. The molecular formula is C7H4Cl3NO2. The summed E-state index contributed by atoms with van der Waals surface area (Å²) in [4.78, 5) is 9.71. The van der Waals surface area contributed by atoms with E-state index in [4.69, 9.17) is 34.8 Å². The second kappa shape index (κ2) is 4.13. The van der Waals surface area contributed by atoms with Crippen LogP contribution in [0.2, 0.25) is 15.1 Å². The second-order valence-corrected chi connectivity index (χ2v) is 3.59. The fourth-order valence-electron chi connectivity index (χ4n) is 0.852. The van der Waals surface area contributed by atoms with E-state index in [1.807, 2.05) is 0 Å². The lowest BCUT2D eigenvalue weighted by Gasteiger charge is -2.02. The highest BCUT2D eigenvalue weighted by Crippen LogP contribution is 2.29. The van der Waals surface area contributed by atoms with Crippen LogP contribution < -0.4 is 0 Å². The maximum Gasteiger partial charge on any atom is 0.231 e. The smallest absolute Gasteiger partial charge is 0.231 e. The number of rotatable bonds is 2. The monoisotopic (exact) mass is 239 g/mol. The fourth-order valence-corrected chi connectivity index (χ4v) is 1.79. The van der Waals surface area contributed by atoms with Crippen LogP contribution in [0.3, 0.4) is 0 Å². The molecule has 0 N–H and O–H groups in total. The first kappa shape index (κ1) is 10.6. The predicted octanol–water partition coefficient (Wildman–Crippen LogP) is 3.42. The molecule has 0 saturated carbocycles. The van der Waals surface area contributed by atoms with Gasteiger partial charge in [-0.15, -0.1) is 0 Å². The van der Waals surface area contributed by atoms with Crippen molar-refractivity contribution in [2.45, 2.75) is 6.54 Å². The van der Waals surface area contributed by atoms with E-state index in [1.54, 1.807) is 0 Å². The Balaban J connectivity index is 3.13. The number of halogens is 3. The first-order valence-corrected chi connectivity index (χ1v) is 4.39. The van der Waals surface area contributed by atoms with Crippen LogP contribution in [0.15, 0.2) is 12.1 Å². The minimum Gasteiger partial charge on any atom is -0.264 e. The van der Waals surface area contributed by atoms with Gasteiger partial charge in [0.05, 0.1) is 15.6 Å². The molecule has 0 aromatic heterocycles. The van der Waals surface area contributed by atoms with Gasteiger partial charge in [-0.3, -0.25) is 10.1 Å². The Bertz CT molecular complexity index is 331. The Morgan fingerprint density at radius 2 is 1.69 bits per heavy atom. The Labute approximate surface area is 89.4 Å². The third-order valence-electron chi connectivity index (χ3n) is 1.39. The third kappa shape index (κ3) is 2.72. The molecule has 6 heteroatoms. The maximum atomic E-state index is 10.2. The zero-order valence-corrected chi connectivity index (χ0v) is 8.53. The summed E-state index contributed by atoms with van der Waals surface area (Å²) in [7, 11) is 0. The van der Waals surface area contributed by atoms with Crippen molar-refractivity contribution in [2.24, 2.45) is 0 Å². The van der Waals surface area contributed by atoms with Crippen molar-refractivity contribution >= 4 is 34.8 Å². The second-order valence-electron chi connectivity index (χ2n) is 2.34. The Hall–Kier alpha value is -0.510. The molecule has 0 bridgehead atoms. The molecular weight excluding hydrogens is 236 g/mol. The molecule has 0 spiro atoms. The number of benzene rings is 1. The largest absolute Gasteiger partial charge is 0.264 e. The summed E-state index contributed by atoms with van der Waals surface area (Å²) in [5.74, 6) is 0. The first-order valence-electron chi connectivity index (χ1n) is 3.26. The maximum absolute atomic E-state index is 10.2. The molecule has 70 valence electrons. The van der Waals surface area contributed by atoms with E-state index in [9.17, 15) is 10.1 Å². The van der Waals surface area contributed by atoms with E-state index in [0.29, 0.717) is 5.02 Å². The SMILES string of the molecule is O=[N+]([O-])Cc1c(Cl)cc(Cl)cc1Cl. The quantitative estimate of drug-likeness (QED) is 0.587. The van der Waals surface area contributed by atoms with Crippen LogP contribution in [0.25, 0.3) is 0 Å². The number of nitrogens with zero attached hydrogens (tertiary/aromatic N) is 1. The van der Waals surface area contributed by atoms with Gasteiger partial charge in [-0.25, -0.2) is 0 Å². The summed E-state index contributed by atoms with van der Waals surface area (Å²) in [6.45, 7) is -0.394. The molecule has 0 aliphatic rings. The Morgan fingerprint density at radius 3 is 2.08 bits per heavy atom. The van der Waals surface area contributed by atoms with E-state index < -0.39 is 11.5 Å². The summed E-state index contributed by atoms with van der Waals surface area (Å²) >= 11 is 17.0. The summed E-state index contributed by atoms with van der Waals surface area (Å²) in [6.07, 6.45) is 0. The normalized spacial score (nSPS) is 10.1. The zero-order valence-electron chi connectivity index (χ0n) is 6.26. The minimum atomic E-state index is -0.499. The molecule has 0 aliphatic heterocycles. The molecule has 3 nitrogen and oxygen atoms in total. The Morgan fingerprint density at radius 1 is 1.23 bits per heavy atom. The van der Waals surface area contributed by atoms with Crippen LogP contribution >= 0.6 is 34.8 Å². The molecule has 0 saturated heterocycles. The van der Waals surface area contributed by atoms with Gasteiger partial charge in [0.25, 0.3) is 0 Å². The third-order valence-corrected chi connectivity index (χ3v) is 2.29. The van der Waals surface area contributed by atoms with Gasteiger partial charge in [-0.1, -0.05) is 34.8 Å². The highest BCUT2D eigenvalue weighted by Gasteiger charge is 2.12. The zero-order chi connectivity index (χ0) is 10.0. The average Bonchev–Trinajstić information content (AvgIpc) is 1.96. The van der Waals surface area contributed by atoms with Crippen molar-refractivity contribution in [2.75, 3.05) is 0 Å². The number of hydrogen-bond acceptors (Lipinski definition) is 2. The van der Waals surface area contributed by atoms with Crippen LogP contribution in [0.5, 0.6) is 0 Å². The van der Waals surface area contributed by atoms with Crippen LogP contribution in [0, 0.1) is 10.1 Å². The number of hydrogen-bond donors (Lipinski definition) is 0. The van der Waals surface area contributed by atoms with Crippen molar-refractivity contribution in [3.05, 3.63) is 42.9 Å². The topological polar surface area (TPSA) is 43.1 Å². The van der Waals surface area contributed by atoms with Gasteiger partial charge in [0.15, 0.2) is 0 Å². The summed E-state index contributed by atoms with van der Waals surface area (Å²) in [5, 5.41) is 11.0. The van der Waals surface area contributed by atoms with Gasteiger partial charge >= 0.3 is 0 Å². The van der Waals surface area contributed by atoms with Crippen LogP contribution in [0.4, 0.5) is 0 Å². The van der Waals surface area contributed by atoms with Gasteiger partial charge in [0.1, 0.15) is 0 Å². The van der Waals surface area contributed by atoms with Gasteiger partial charge in [0.2, 0.25) is 6.54 Å². The number of nitro groups is 1. The first-order chi connectivity index (χ1) is 6.00. The lowest BCUT2D eigenvalue weighted by Crippen LogP contribution is -1.99. The lowest BCUT2D eigenvalue weighted by atomic mass is 10.2. The summed E-state index contributed by atoms with van der Waals surface area (Å²) in [6, 6.07) is 2.85. The van der Waals surface area contributed by atoms with Crippen molar-refractivity contribution in [1.29, 1.82) is 0 Å². The standard InChI is InChI=1S/C7H4Cl3NO2/c8-4-1-6(9)5(3-11(12)13)7(10)2-4/h1-2H,3H2. The molecule has 0 radical (unpaired) electrons. The van der Waals surface area contributed by atoms with E-state index in [-0.39, 0.29) is 15.6 Å². The molecule has 0 aliphatic carbocycles. The van der Waals surface area contributed by atoms with E-state index in [0.717, 1.165) is 0 Å². The predicted molar refractivity (Wildman–Crippen MR) is 52.2 cm³/mol. The van der Waals surface area contributed by atoms with Gasteiger partial charge < -0.3 is 0 Å². The lowest BCUT2D eigenvalue weighted by molar-refractivity contribution is -0.496. The van der Waals surface area contributed by atoms with Crippen LogP contribution in [0.1, 0.15) is 5.56 Å². The van der Waals surface area contributed by atoms with E-state index >= 15 is 0 Å². The molecule has 1 aromatic rings. The molecule has 0 fully saturated rings. The van der Waals surface area contributed by atoms with Crippen molar-refractivity contribution in [3.63, 3.8) is 0 Å². The van der Waals surface area contributed by atoms with E-state index in [2.05, 4.69) is 0 Å². The van der Waals surface area contributed by atoms with Crippen molar-refractivity contribution in [3.8, 4) is 0 Å². The highest BCUT2D eigenvalue weighted by atomic mass is 35.5. The minimum absolute atomic E-state index is 0.217. The van der Waals surface area contributed by atoms with Crippen molar-refractivity contribution in [1.82, 2.24) is 0 Å². The molecule has 0 atom stereocenters. The van der Waals surface area contributed by atoms with Crippen molar-refractivity contribution < 1.29 is 4.92 Å². The highest BCUT2D eigenvalue weighted by molar-refractivity contribution is 6.39. The molecule has 0 heterocycles. The molecule has 0 unspecified atom stereocenters. The summed E-state index contributed by atoms with van der Waals surface area (Å²) < 4.78 is 0. The molecule has 1 rings (SSSR count). The Kier molecular flexibility index (Phi) is 3.36. The van der Waals surface area contributed by atoms with Gasteiger partial charge in [-0.05, 0) is 12.1 Å². The fraction of sp³-hybridized carbons (Fsp3) is 0.143. The van der Waals surface area contributed by atoms with Crippen LogP contribution in [-0.2, 0) is 6.54 Å². The average molecular weight is 240 g/mol. The molecule has 0 amide bonds.